The smallest absolute Gasteiger partial charge is 0.150 e. The van der Waals surface area contributed by atoms with Crippen LogP contribution in [0, 0.1) is 6.92 Å². The van der Waals surface area contributed by atoms with Gasteiger partial charge in [-0.05, 0) is 37.7 Å². The average Bonchev–Trinajstić information content (AvgIpc) is 2.36. The van der Waals surface area contributed by atoms with E-state index in [9.17, 15) is 4.79 Å². The summed E-state index contributed by atoms with van der Waals surface area (Å²) in [7, 11) is 0. The molecule has 0 N–H and O–H groups in total. The zero-order valence-electron chi connectivity index (χ0n) is 10.9. The van der Waals surface area contributed by atoms with Gasteiger partial charge in [0.15, 0.2) is 0 Å². The van der Waals surface area contributed by atoms with Gasteiger partial charge in [0.25, 0.3) is 0 Å². The molecule has 0 aliphatic heterocycles. The van der Waals surface area contributed by atoms with Crippen molar-refractivity contribution in [3.05, 3.63) is 29.3 Å². The van der Waals surface area contributed by atoms with E-state index in [-0.39, 0.29) is 0 Å². The van der Waals surface area contributed by atoms with Gasteiger partial charge in [0.1, 0.15) is 6.29 Å². The maximum Gasteiger partial charge on any atom is 0.150 e. The van der Waals surface area contributed by atoms with Crippen LogP contribution in [0.1, 0.15) is 29.8 Å². The Morgan fingerprint density at radius 2 is 2.00 bits per heavy atom. The van der Waals surface area contributed by atoms with E-state index in [2.05, 4.69) is 25.7 Å². The first-order valence-electron chi connectivity index (χ1n) is 6.12. The number of hydrogen-bond acceptors (Lipinski definition) is 3. The van der Waals surface area contributed by atoms with E-state index < -0.39 is 0 Å². The van der Waals surface area contributed by atoms with Crippen molar-refractivity contribution in [2.45, 2.75) is 25.7 Å². The highest BCUT2D eigenvalue weighted by Gasteiger charge is 2.03. The van der Waals surface area contributed by atoms with Crippen LogP contribution in [0.25, 0.3) is 0 Å². The summed E-state index contributed by atoms with van der Waals surface area (Å²) in [6.45, 7) is 9.79. The maximum absolute atomic E-state index is 10.6. The largest absolute Gasteiger partial charge is 0.303 e. The highest BCUT2D eigenvalue weighted by atomic mass is 32.2. The van der Waals surface area contributed by atoms with Crippen LogP contribution < -0.4 is 0 Å². The monoisotopic (exact) mass is 251 g/mol. The lowest BCUT2D eigenvalue weighted by molar-refractivity contribution is 0.112. The highest BCUT2D eigenvalue weighted by molar-refractivity contribution is 7.99. The maximum atomic E-state index is 10.6. The third kappa shape index (κ3) is 4.52. The van der Waals surface area contributed by atoms with E-state index >= 15 is 0 Å². The number of aldehydes is 1. The summed E-state index contributed by atoms with van der Waals surface area (Å²) in [6.07, 6.45) is 0.900. The molecule has 1 rings (SSSR count). The number of benzene rings is 1. The van der Waals surface area contributed by atoms with Gasteiger partial charge in [-0.25, -0.2) is 0 Å². The minimum atomic E-state index is 0.760. The molecule has 1 aromatic carbocycles. The van der Waals surface area contributed by atoms with Gasteiger partial charge in [-0.3, -0.25) is 4.79 Å². The van der Waals surface area contributed by atoms with Crippen molar-refractivity contribution in [3.8, 4) is 0 Å². The quantitative estimate of drug-likeness (QED) is 0.548. The van der Waals surface area contributed by atoms with Crippen molar-refractivity contribution in [1.82, 2.24) is 4.90 Å². The highest BCUT2D eigenvalue weighted by Crippen LogP contribution is 2.22. The fraction of sp³-hybridized carbons (Fsp3) is 0.500. The van der Waals surface area contributed by atoms with Gasteiger partial charge < -0.3 is 4.90 Å². The Labute approximate surface area is 108 Å². The molecule has 17 heavy (non-hydrogen) atoms. The molecule has 2 nitrogen and oxygen atoms in total. The summed E-state index contributed by atoms with van der Waals surface area (Å²) >= 11 is 1.87. The Balaban J connectivity index is 2.49. The third-order valence-corrected chi connectivity index (χ3v) is 4.05. The summed E-state index contributed by atoms with van der Waals surface area (Å²) in [6, 6.07) is 5.89. The summed E-state index contributed by atoms with van der Waals surface area (Å²) < 4.78 is 0. The minimum absolute atomic E-state index is 0.760. The molecule has 0 heterocycles. The fourth-order valence-corrected chi connectivity index (χ4v) is 2.75. The topological polar surface area (TPSA) is 20.3 Å². The van der Waals surface area contributed by atoms with Crippen LogP contribution in [0.3, 0.4) is 0 Å². The Bertz CT molecular complexity index is 361. The van der Waals surface area contributed by atoms with Crippen LogP contribution in [0.5, 0.6) is 0 Å². The van der Waals surface area contributed by atoms with Crippen molar-refractivity contribution >= 4 is 18.0 Å². The summed E-state index contributed by atoms with van der Waals surface area (Å²) in [5.41, 5.74) is 1.95. The lowest BCUT2D eigenvalue weighted by Gasteiger charge is -2.17. The molecule has 94 valence electrons. The zero-order chi connectivity index (χ0) is 12.7. The SMILES string of the molecule is CCN(CC)CCSc1ccc(C=O)cc1C. The Morgan fingerprint density at radius 3 is 2.53 bits per heavy atom. The molecule has 0 fully saturated rings. The van der Waals surface area contributed by atoms with Gasteiger partial charge in [-0.1, -0.05) is 19.9 Å². The van der Waals surface area contributed by atoms with E-state index in [4.69, 9.17) is 0 Å². The molecule has 3 heteroatoms. The molecule has 0 aliphatic rings. The molecule has 0 spiro atoms. The van der Waals surface area contributed by atoms with Crippen LogP contribution in [-0.4, -0.2) is 36.6 Å². The van der Waals surface area contributed by atoms with Crippen LogP contribution >= 0.6 is 11.8 Å². The first kappa shape index (κ1) is 14.3. The van der Waals surface area contributed by atoms with Crippen molar-refractivity contribution in [2.24, 2.45) is 0 Å². The first-order chi connectivity index (χ1) is 8.21. The van der Waals surface area contributed by atoms with Gasteiger partial charge in [-0.15, -0.1) is 11.8 Å². The van der Waals surface area contributed by atoms with E-state index in [1.54, 1.807) is 0 Å². The molecule has 0 aliphatic carbocycles. The first-order valence-corrected chi connectivity index (χ1v) is 7.10. The second-order valence-electron chi connectivity index (χ2n) is 4.02. The Hall–Kier alpha value is -0.800. The van der Waals surface area contributed by atoms with E-state index in [1.807, 2.05) is 30.0 Å². The van der Waals surface area contributed by atoms with Gasteiger partial charge in [0.2, 0.25) is 0 Å². The van der Waals surface area contributed by atoms with Crippen molar-refractivity contribution in [3.63, 3.8) is 0 Å². The Kier molecular flexibility index (Phi) is 6.30. The number of carbonyl (C=O) groups is 1. The minimum Gasteiger partial charge on any atom is -0.303 e. The molecule has 0 bridgehead atoms. The van der Waals surface area contributed by atoms with Gasteiger partial charge in [0, 0.05) is 22.8 Å². The molecule has 0 saturated carbocycles. The van der Waals surface area contributed by atoms with Gasteiger partial charge in [-0.2, -0.15) is 0 Å². The molecule has 0 saturated heterocycles. The number of hydrogen-bond donors (Lipinski definition) is 0. The second kappa shape index (κ2) is 7.51. The van der Waals surface area contributed by atoms with Crippen LogP contribution in [-0.2, 0) is 0 Å². The molecular weight excluding hydrogens is 230 g/mol. The number of rotatable bonds is 7. The van der Waals surface area contributed by atoms with Crippen LogP contribution in [0.4, 0.5) is 0 Å². The fourth-order valence-electron chi connectivity index (χ4n) is 1.73. The van der Waals surface area contributed by atoms with E-state index in [0.29, 0.717) is 0 Å². The predicted molar refractivity (Wildman–Crippen MR) is 75.1 cm³/mol. The number of thioether (sulfide) groups is 1. The molecular formula is C14H21NOS. The van der Waals surface area contributed by atoms with Crippen molar-refractivity contribution < 1.29 is 4.79 Å². The number of aryl methyl sites for hydroxylation is 1. The van der Waals surface area contributed by atoms with Crippen LogP contribution in [0.2, 0.25) is 0 Å². The van der Waals surface area contributed by atoms with Crippen molar-refractivity contribution in [1.29, 1.82) is 0 Å². The van der Waals surface area contributed by atoms with Gasteiger partial charge >= 0.3 is 0 Å². The molecule has 0 aromatic heterocycles. The molecule has 0 atom stereocenters. The molecule has 0 radical (unpaired) electrons. The predicted octanol–water partition coefficient (Wildman–Crippen LogP) is 3.24. The Morgan fingerprint density at radius 1 is 1.29 bits per heavy atom. The summed E-state index contributed by atoms with van der Waals surface area (Å²) in [5.74, 6) is 1.10. The van der Waals surface area contributed by atoms with Crippen molar-refractivity contribution in [2.75, 3.05) is 25.4 Å². The average molecular weight is 251 g/mol. The molecule has 0 amide bonds. The lowest BCUT2D eigenvalue weighted by Crippen LogP contribution is -2.25. The normalized spacial score (nSPS) is 10.8. The standard InChI is InChI=1S/C14H21NOS/c1-4-15(5-2)8-9-17-14-7-6-13(11-16)10-12(14)3/h6-7,10-11H,4-5,8-9H2,1-3H3. The third-order valence-electron chi connectivity index (χ3n) is 2.89. The summed E-state index contributed by atoms with van der Waals surface area (Å²) in [5, 5.41) is 0. The molecule has 0 unspecified atom stereocenters. The number of nitrogens with zero attached hydrogens (tertiary/aromatic N) is 1. The zero-order valence-corrected chi connectivity index (χ0v) is 11.7. The van der Waals surface area contributed by atoms with Gasteiger partial charge in [0.05, 0.1) is 0 Å². The molecule has 1 aromatic rings. The lowest BCUT2D eigenvalue weighted by atomic mass is 10.2. The summed E-state index contributed by atoms with van der Waals surface area (Å²) in [4.78, 5) is 14.3. The second-order valence-corrected chi connectivity index (χ2v) is 5.15. The van der Waals surface area contributed by atoms with Crippen LogP contribution in [0.15, 0.2) is 23.1 Å². The van der Waals surface area contributed by atoms with E-state index in [0.717, 1.165) is 37.2 Å². The van der Waals surface area contributed by atoms with E-state index in [1.165, 1.54) is 10.5 Å². The number of carbonyl (C=O) groups excluding carboxylic acids is 1.